The van der Waals surface area contributed by atoms with E-state index in [1.54, 1.807) is 6.33 Å². The first-order valence-corrected chi connectivity index (χ1v) is 16.1. The van der Waals surface area contributed by atoms with Crippen molar-refractivity contribution in [1.82, 2.24) is 15.0 Å². The minimum atomic E-state index is 0.0185. The van der Waals surface area contributed by atoms with E-state index in [-0.39, 0.29) is 11.8 Å². The summed E-state index contributed by atoms with van der Waals surface area (Å²) in [5.74, 6) is 4.17. The molecule has 9 nitrogen and oxygen atoms in total. The number of aryl methyl sites for hydroxylation is 1. The number of anilines is 3. The molecule has 0 spiro atoms. The number of allylic oxidation sites excluding steroid dienone is 2. The zero-order valence-corrected chi connectivity index (χ0v) is 28.3. The van der Waals surface area contributed by atoms with Crippen LogP contribution in [0.15, 0.2) is 78.5 Å². The third-order valence-corrected chi connectivity index (χ3v) is 7.56. The molecular weight excluding hydrogens is 576 g/mol. The Labute approximate surface area is 273 Å². The Balaban J connectivity index is 0.000000892. The molecule has 1 aromatic heterocycles. The summed E-state index contributed by atoms with van der Waals surface area (Å²) in [5.41, 5.74) is 3.94. The van der Waals surface area contributed by atoms with Crippen LogP contribution in [0, 0.1) is 18.8 Å². The van der Waals surface area contributed by atoms with Gasteiger partial charge in [-0.15, -0.1) is 0 Å². The smallest absolute Gasteiger partial charge is 0.152 e. The van der Waals surface area contributed by atoms with Crippen molar-refractivity contribution in [1.29, 1.82) is 0 Å². The van der Waals surface area contributed by atoms with Crippen molar-refractivity contribution in [2.45, 2.75) is 67.3 Å². The van der Waals surface area contributed by atoms with Gasteiger partial charge in [0, 0.05) is 48.6 Å². The predicted molar refractivity (Wildman–Crippen MR) is 189 cm³/mol. The molecule has 2 aliphatic heterocycles. The van der Waals surface area contributed by atoms with Gasteiger partial charge in [0.05, 0.1) is 23.9 Å². The Morgan fingerprint density at radius 1 is 1.24 bits per heavy atom. The summed E-state index contributed by atoms with van der Waals surface area (Å²) in [5, 5.41) is 11.0. The van der Waals surface area contributed by atoms with Crippen LogP contribution in [-0.4, -0.2) is 52.7 Å². The van der Waals surface area contributed by atoms with Crippen LogP contribution in [0.4, 0.5) is 17.2 Å². The van der Waals surface area contributed by atoms with Crippen molar-refractivity contribution in [3.63, 3.8) is 0 Å². The molecule has 0 aliphatic carbocycles. The Morgan fingerprint density at radius 2 is 2.02 bits per heavy atom. The van der Waals surface area contributed by atoms with E-state index < -0.39 is 0 Å². The Hall–Kier alpha value is -4.66. The highest BCUT2D eigenvalue weighted by atomic mass is 16.5. The van der Waals surface area contributed by atoms with Crippen LogP contribution in [0.1, 0.15) is 59.9 Å². The highest BCUT2D eigenvalue weighted by molar-refractivity contribution is 5.95. The van der Waals surface area contributed by atoms with Crippen LogP contribution in [0.5, 0.6) is 11.5 Å². The summed E-state index contributed by atoms with van der Waals surface area (Å²) in [6, 6.07) is 10.5. The second kappa shape index (κ2) is 16.1. The normalized spacial score (nSPS) is 17.5. The van der Waals surface area contributed by atoms with Crippen LogP contribution in [0.3, 0.4) is 0 Å². The average molecular weight is 625 g/mol. The van der Waals surface area contributed by atoms with Gasteiger partial charge in [-0.05, 0) is 81.2 Å². The maximum atomic E-state index is 9.69. The van der Waals surface area contributed by atoms with Crippen molar-refractivity contribution in [3.8, 4) is 11.5 Å². The standard InChI is InChI=1S/C33H42N6O2.C4H6O/c1-7-8-12-38-19-23(4)20-40-32-17-29-28(16-30(32)38)33(35-21-34-29)37-26-9-10-31(24(5)14-26)41-27-11-13-39(25(6)15-27)36-18-22(2)3;1-3-4(2)5/h9-11,13-18,21-23,25H,7-8,12,19-20H2,1-6H3,(H,34,35,37);3H,1H2,2H3/b36-18-;. The van der Waals surface area contributed by atoms with Crippen LogP contribution in [0.25, 0.3) is 10.9 Å². The number of ether oxygens (including phenoxy) is 2. The van der Waals surface area contributed by atoms with Gasteiger partial charge in [0.25, 0.3) is 0 Å². The molecule has 3 heterocycles. The van der Waals surface area contributed by atoms with Gasteiger partial charge in [0.15, 0.2) is 5.78 Å². The minimum Gasteiger partial charge on any atom is -0.491 e. The van der Waals surface area contributed by atoms with Crippen molar-refractivity contribution >= 4 is 40.1 Å². The van der Waals surface area contributed by atoms with Gasteiger partial charge < -0.3 is 19.7 Å². The summed E-state index contributed by atoms with van der Waals surface area (Å²) >= 11 is 0. The third kappa shape index (κ3) is 9.19. The monoisotopic (exact) mass is 624 g/mol. The number of rotatable bonds is 10. The molecule has 3 aromatic rings. The number of ketones is 1. The first-order valence-electron chi connectivity index (χ1n) is 16.1. The maximum Gasteiger partial charge on any atom is 0.152 e. The van der Waals surface area contributed by atoms with Gasteiger partial charge in [-0.3, -0.25) is 9.80 Å². The topological polar surface area (TPSA) is 92.2 Å². The number of aromatic nitrogens is 2. The Kier molecular flexibility index (Phi) is 11.9. The molecule has 0 saturated carbocycles. The van der Waals surface area contributed by atoms with Crippen molar-refractivity contribution in [2.75, 3.05) is 29.9 Å². The molecule has 9 heteroatoms. The van der Waals surface area contributed by atoms with Gasteiger partial charge >= 0.3 is 0 Å². The molecule has 5 rings (SSSR count). The number of hydrogen-bond acceptors (Lipinski definition) is 9. The van der Waals surface area contributed by atoms with Crippen molar-refractivity contribution in [3.05, 3.63) is 79.0 Å². The molecule has 0 bridgehead atoms. The lowest BCUT2D eigenvalue weighted by atomic mass is 10.1. The first-order chi connectivity index (χ1) is 22.1. The molecule has 0 amide bonds. The summed E-state index contributed by atoms with van der Waals surface area (Å²) in [6.07, 6.45) is 13.1. The summed E-state index contributed by atoms with van der Waals surface area (Å²) < 4.78 is 12.5. The first kappa shape index (κ1) is 34.2. The Morgan fingerprint density at radius 3 is 2.70 bits per heavy atom. The zero-order valence-electron chi connectivity index (χ0n) is 28.3. The molecule has 0 fully saturated rings. The number of carbonyl (C=O) groups excluding carboxylic acids is 1. The highest BCUT2D eigenvalue weighted by Crippen LogP contribution is 2.38. The van der Waals surface area contributed by atoms with Gasteiger partial charge in [0.2, 0.25) is 0 Å². The molecule has 2 aliphatic rings. The second-order valence-corrected chi connectivity index (χ2v) is 12.3. The number of benzene rings is 2. The number of unbranched alkanes of at least 4 members (excludes halogenated alkanes) is 1. The molecule has 0 saturated heterocycles. The van der Waals surface area contributed by atoms with E-state index in [2.05, 4.69) is 97.7 Å². The molecule has 2 aromatic carbocycles. The Bertz CT molecular complexity index is 1610. The third-order valence-electron chi connectivity index (χ3n) is 7.56. The molecular formula is C37H48N6O3. The van der Waals surface area contributed by atoms with E-state index >= 15 is 0 Å². The van der Waals surface area contributed by atoms with Crippen LogP contribution < -0.4 is 19.7 Å². The highest BCUT2D eigenvalue weighted by Gasteiger charge is 2.22. The average Bonchev–Trinajstić information content (AvgIpc) is 3.18. The number of carbonyl (C=O) groups is 1. The van der Waals surface area contributed by atoms with Crippen LogP contribution in [0.2, 0.25) is 0 Å². The number of hydrazone groups is 1. The summed E-state index contributed by atoms with van der Waals surface area (Å²) in [4.78, 5) is 21.3. The van der Waals surface area contributed by atoms with E-state index in [1.807, 2.05) is 35.6 Å². The molecule has 244 valence electrons. The fourth-order valence-electron chi connectivity index (χ4n) is 5.04. The van der Waals surface area contributed by atoms with Gasteiger partial charge in [-0.2, -0.15) is 5.10 Å². The van der Waals surface area contributed by atoms with Crippen LogP contribution in [-0.2, 0) is 4.79 Å². The predicted octanol–water partition coefficient (Wildman–Crippen LogP) is 8.20. The lowest BCUT2D eigenvalue weighted by molar-refractivity contribution is -0.112. The maximum absolute atomic E-state index is 9.69. The lowest BCUT2D eigenvalue weighted by Crippen LogP contribution is -2.29. The number of nitrogens with zero attached hydrogens (tertiary/aromatic N) is 5. The molecule has 2 unspecified atom stereocenters. The largest absolute Gasteiger partial charge is 0.491 e. The van der Waals surface area contributed by atoms with Crippen LogP contribution >= 0.6 is 0 Å². The SMILES string of the molecule is C=CC(C)=O.CCCCN1CC(C)COc2cc3ncnc(Nc4ccc(OC5=CC(C)N(/N=C\C(C)C)C=C5)c(C)c4)c3cc21. The lowest BCUT2D eigenvalue weighted by Gasteiger charge is -2.25. The molecule has 1 N–H and O–H groups in total. The molecule has 46 heavy (non-hydrogen) atoms. The fourth-order valence-corrected chi connectivity index (χ4v) is 5.04. The summed E-state index contributed by atoms with van der Waals surface area (Å²) in [7, 11) is 0. The molecule has 2 atom stereocenters. The van der Waals surface area contributed by atoms with Crippen molar-refractivity contribution < 1.29 is 14.3 Å². The second-order valence-electron chi connectivity index (χ2n) is 12.3. The fraction of sp³-hybridized carbons (Fsp3) is 0.405. The van der Waals surface area contributed by atoms with Gasteiger partial charge in [0.1, 0.15) is 29.4 Å². The van der Waals surface area contributed by atoms with E-state index in [0.29, 0.717) is 18.4 Å². The van der Waals surface area contributed by atoms with E-state index in [4.69, 9.17) is 9.47 Å². The van der Waals surface area contributed by atoms with E-state index in [0.717, 1.165) is 76.8 Å². The number of hydrogen-bond donors (Lipinski definition) is 1. The van der Waals surface area contributed by atoms with Crippen molar-refractivity contribution in [2.24, 2.45) is 16.9 Å². The van der Waals surface area contributed by atoms with Gasteiger partial charge in [-0.25, -0.2) is 9.97 Å². The van der Waals surface area contributed by atoms with E-state index in [1.165, 1.54) is 13.0 Å². The van der Waals surface area contributed by atoms with E-state index in [9.17, 15) is 4.79 Å². The number of nitrogens with one attached hydrogen (secondary N) is 1. The number of fused-ring (bicyclic) bond motifs is 2. The molecule has 0 radical (unpaired) electrons. The summed E-state index contributed by atoms with van der Waals surface area (Å²) in [6.45, 7) is 20.2. The quantitative estimate of drug-likeness (QED) is 0.178. The van der Waals surface area contributed by atoms with Gasteiger partial charge in [-0.1, -0.05) is 40.7 Å². The minimum absolute atomic E-state index is 0.0185. The zero-order chi connectivity index (χ0) is 33.2.